The summed E-state index contributed by atoms with van der Waals surface area (Å²) >= 11 is 1.68. The average molecular weight is 241 g/mol. The summed E-state index contributed by atoms with van der Waals surface area (Å²) < 4.78 is 0. The van der Waals surface area contributed by atoms with Gasteiger partial charge in [-0.1, -0.05) is 45.5 Å². The second-order valence-electron chi connectivity index (χ2n) is 4.92. The summed E-state index contributed by atoms with van der Waals surface area (Å²) in [6.07, 6.45) is 2.21. The summed E-state index contributed by atoms with van der Waals surface area (Å²) in [6.45, 7) is 11.1. The normalized spacial score (nSPS) is 15.1. The number of hydrogen-bond donors (Lipinski definition) is 1. The van der Waals surface area contributed by atoms with Crippen molar-refractivity contribution in [1.82, 2.24) is 10.2 Å². The van der Waals surface area contributed by atoms with Crippen LogP contribution in [0, 0.1) is 11.8 Å². The van der Waals surface area contributed by atoms with Gasteiger partial charge in [0.25, 0.3) is 0 Å². The predicted octanol–water partition coefficient (Wildman–Crippen LogP) is 3.58. The fraction of sp³-hybridized carbons (Fsp3) is 0.833. The van der Waals surface area contributed by atoms with Crippen LogP contribution in [0.5, 0.6) is 0 Å². The van der Waals surface area contributed by atoms with E-state index in [0.29, 0.717) is 17.9 Å². The van der Waals surface area contributed by atoms with Crippen molar-refractivity contribution in [3.63, 3.8) is 0 Å². The maximum Gasteiger partial charge on any atom is 0.205 e. The first-order chi connectivity index (χ1) is 7.52. The molecule has 0 saturated heterocycles. The second kappa shape index (κ2) is 6.18. The van der Waals surface area contributed by atoms with Gasteiger partial charge in [-0.3, -0.25) is 0 Å². The van der Waals surface area contributed by atoms with Crippen molar-refractivity contribution in [3.05, 3.63) is 5.01 Å². The van der Waals surface area contributed by atoms with Crippen molar-refractivity contribution in [2.45, 2.75) is 53.5 Å². The molecule has 1 aromatic heterocycles. The third-order valence-corrected chi connectivity index (χ3v) is 3.78. The van der Waals surface area contributed by atoms with E-state index < -0.39 is 0 Å². The molecule has 0 fully saturated rings. The average Bonchev–Trinajstić information content (AvgIpc) is 2.63. The van der Waals surface area contributed by atoms with Gasteiger partial charge in [-0.2, -0.15) is 0 Å². The Morgan fingerprint density at radius 1 is 1.19 bits per heavy atom. The van der Waals surface area contributed by atoms with E-state index in [1.165, 1.54) is 6.42 Å². The zero-order valence-corrected chi connectivity index (χ0v) is 11.8. The standard InChI is InChI=1S/C12H23N3S/c1-6-9(4)10(5)13-12-15-14-11(16-12)7-8(2)3/h8-10H,6-7H2,1-5H3,(H,13,15). The fourth-order valence-corrected chi connectivity index (χ4v) is 2.48. The Bertz CT molecular complexity index is 309. The van der Waals surface area contributed by atoms with Crippen molar-refractivity contribution < 1.29 is 0 Å². The Labute approximate surface area is 103 Å². The Morgan fingerprint density at radius 3 is 2.44 bits per heavy atom. The molecule has 0 amide bonds. The number of aromatic nitrogens is 2. The minimum Gasteiger partial charge on any atom is -0.357 e. The lowest BCUT2D eigenvalue weighted by Crippen LogP contribution is -2.23. The molecule has 0 radical (unpaired) electrons. The van der Waals surface area contributed by atoms with Crippen LogP contribution in [0.4, 0.5) is 5.13 Å². The van der Waals surface area contributed by atoms with Gasteiger partial charge in [0.1, 0.15) is 5.01 Å². The molecule has 2 unspecified atom stereocenters. The number of nitrogens with one attached hydrogen (secondary N) is 1. The summed E-state index contributed by atoms with van der Waals surface area (Å²) in [7, 11) is 0. The molecule has 1 rings (SSSR count). The Morgan fingerprint density at radius 2 is 1.88 bits per heavy atom. The zero-order valence-electron chi connectivity index (χ0n) is 10.9. The molecule has 0 spiro atoms. The lowest BCUT2D eigenvalue weighted by atomic mass is 10.0. The number of nitrogens with zero attached hydrogens (tertiary/aromatic N) is 2. The summed E-state index contributed by atoms with van der Waals surface area (Å²) in [4.78, 5) is 0. The van der Waals surface area contributed by atoms with Gasteiger partial charge in [-0.15, -0.1) is 10.2 Å². The van der Waals surface area contributed by atoms with E-state index >= 15 is 0 Å². The molecule has 2 atom stereocenters. The summed E-state index contributed by atoms with van der Waals surface area (Å²) in [5, 5.41) is 13.9. The highest BCUT2D eigenvalue weighted by molar-refractivity contribution is 7.15. The van der Waals surface area contributed by atoms with E-state index in [1.807, 2.05) is 0 Å². The Kier molecular flexibility index (Phi) is 5.19. The molecule has 0 aromatic carbocycles. The first kappa shape index (κ1) is 13.4. The summed E-state index contributed by atoms with van der Waals surface area (Å²) in [6, 6.07) is 0.463. The van der Waals surface area contributed by atoms with Crippen molar-refractivity contribution in [1.29, 1.82) is 0 Å². The van der Waals surface area contributed by atoms with Crippen LogP contribution < -0.4 is 5.32 Å². The molecule has 4 heteroatoms. The van der Waals surface area contributed by atoms with Crippen LogP contribution >= 0.6 is 11.3 Å². The first-order valence-corrected chi connectivity index (χ1v) is 6.93. The lowest BCUT2D eigenvalue weighted by Gasteiger charge is -2.18. The van der Waals surface area contributed by atoms with Crippen LogP contribution in [0.1, 0.15) is 46.0 Å². The maximum atomic E-state index is 4.20. The second-order valence-corrected chi connectivity index (χ2v) is 5.98. The van der Waals surface area contributed by atoms with Crippen LogP contribution in [-0.4, -0.2) is 16.2 Å². The molecule has 0 aliphatic rings. The van der Waals surface area contributed by atoms with Gasteiger partial charge in [-0.05, 0) is 18.8 Å². The lowest BCUT2D eigenvalue weighted by molar-refractivity contribution is 0.494. The van der Waals surface area contributed by atoms with Gasteiger partial charge in [0.05, 0.1) is 0 Å². The van der Waals surface area contributed by atoms with Crippen LogP contribution in [0.25, 0.3) is 0 Å². The molecule has 3 nitrogen and oxygen atoms in total. The van der Waals surface area contributed by atoms with E-state index in [0.717, 1.165) is 16.6 Å². The molecule has 0 saturated carbocycles. The molecular weight excluding hydrogens is 218 g/mol. The zero-order chi connectivity index (χ0) is 12.1. The number of anilines is 1. The molecule has 0 aliphatic heterocycles. The predicted molar refractivity (Wildman–Crippen MR) is 71.0 cm³/mol. The third-order valence-electron chi connectivity index (χ3n) is 2.90. The summed E-state index contributed by atoms with van der Waals surface area (Å²) in [5.74, 6) is 1.31. The van der Waals surface area contributed by atoms with Gasteiger partial charge < -0.3 is 5.32 Å². The van der Waals surface area contributed by atoms with E-state index in [2.05, 4.69) is 50.1 Å². The molecule has 1 aromatic rings. The molecule has 92 valence electrons. The molecule has 1 N–H and O–H groups in total. The smallest absolute Gasteiger partial charge is 0.205 e. The Balaban J connectivity index is 2.51. The minimum absolute atomic E-state index is 0.463. The van der Waals surface area contributed by atoms with E-state index in [9.17, 15) is 0 Å². The van der Waals surface area contributed by atoms with Crippen molar-refractivity contribution in [2.75, 3.05) is 5.32 Å². The highest BCUT2D eigenvalue weighted by Crippen LogP contribution is 2.21. The number of rotatable bonds is 6. The fourth-order valence-electron chi connectivity index (χ4n) is 1.43. The topological polar surface area (TPSA) is 37.8 Å². The van der Waals surface area contributed by atoms with E-state index in [4.69, 9.17) is 0 Å². The third kappa shape index (κ3) is 4.08. The molecule has 16 heavy (non-hydrogen) atoms. The molecule has 0 bridgehead atoms. The van der Waals surface area contributed by atoms with Crippen LogP contribution in [-0.2, 0) is 6.42 Å². The van der Waals surface area contributed by atoms with Gasteiger partial charge in [0.15, 0.2) is 0 Å². The van der Waals surface area contributed by atoms with Crippen molar-refractivity contribution >= 4 is 16.5 Å². The minimum atomic E-state index is 0.463. The molecule has 0 aliphatic carbocycles. The van der Waals surface area contributed by atoms with Crippen LogP contribution in [0.15, 0.2) is 0 Å². The van der Waals surface area contributed by atoms with Crippen molar-refractivity contribution in [2.24, 2.45) is 11.8 Å². The monoisotopic (exact) mass is 241 g/mol. The largest absolute Gasteiger partial charge is 0.357 e. The van der Waals surface area contributed by atoms with Gasteiger partial charge in [-0.25, -0.2) is 0 Å². The Hall–Kier alpha value is -0.640. The SMILES string of the molecule is CCC(C)C(C)Nc1nnc(CC(C)C)s1. The van der Waals surface area contributed by atoms with Crippen molar-refractivity contribution in [3.8, 4) is 0 Å². The first-order valence-electron chi connectivity index (χ1n) is 6.11. The van der Waals surface area contributed by atoms with E-state index in [1.54, 1.807) is 11.3 Å². The molecular formula is C12H23N3S. The van der Waals surface area contributed by atoms with Crippen LogP contribution in [0.3, 0.4) is 0 Å². The quantitative estimate of drug-likeness (QED) is 0.827. The number of hydrogen-bond acceptors (Lipinski definition) is 4. The van der Waals surface area contributed by atoms with Crippen LogP contribution in [0.2, 0.25) is 0 Å². The highest BCUT2D eigenvalue weighted by Gasteiger charge is 2.12. The molecule has 1 heterocycles. The summed E-state index contributed by atoms with van der Waals surface area (Å²) in [5.41, 5.74) is 0. The van der Waals surface area contributed by atoms with E-state index in [-0.39, 0.29) is 0 Å². The highest BCUT2D eigenvalue weighted by atomic mass is 32.1. The van der Waals surface area contributed by atoms with Gasteiger partial charge in [0.2, 0.25) is 5.13 Å². The maximum absolute atomic E-state index is 4.20. The van der Waals surface area contributed by atoms with Gasteiger partial charge >= 0.3 is 0 Å². The van der Waals surface area contributed by atoms with Gasteiger partial charge in [0, 0.05) is 12.5 Å².